The number of hydrogen-bond acceptors (Lipinski definition) is 20. The number of hydrogen-bond donors (Lipinski definition) is 0. The van der Waals surface area contributed by atoms with Crippen LogP contribution in [0.2, 0.25) is 30.2 Å². The molecule has 0 aromatic rings. The monoisotopic (exact) mass is 950 g/mol. The molecule has 8 atom stereocenters. The van der Waals surface area contributed by atoms with Gasteiger partial charge < -0.3 is 90.1 Å². The average Bonchev–Trinajstić information content (AvgIpc) is 4.05. The molecule has 60 heavy (non-hydrogen) atoms. The Bertz CT molecular complexity index is 1180. The second kappa shape index (κ2) is 24.7. The van der Waals surface area contributed by atoms with Gasteiger partial charge in [-0.05, 0) is 32.1 Å². The van der Waals surface area contributed by atoms with Crippen LogP contribution < -0.4 is 0 Å². The Morgan fingerprint density at radius 1 is 0.417 bits per heavy atom. The van der Waals surface area contributed by atoms with E-state index in [9.17, 15) is 0 Å². The molecule has 6 rings (SSSR count). The van der Waals surface area contributed by atoms with Crippen LogP contribution in [-0.4, -0.2) is 209 Å². The Morgan fingerprint density at radius 2 is 0.717 bits per heavy atom. The summed E-state index contributed by atoms with van der Waals surface area (Å²) in [6.45, 7) is 8.46. The van der Waals surface area contributed by atoms with Gasteiger partial charge in [0.2, 0.25) is 0 Å². The fourth-order valence-electron chi connectivity index (χ4n) is 6.60. The van der Waals surface area contributed by atoms with Gasteiger partial charge in [0.15, 0.2) is 0 Å². The van der Waals surface area contributed by atoms with Crippen molar-refractivity contribution in [2.24, 2.45) is 0 Å². The first kappa shape index (κ1) is 49.7. The van der Waals surface area contributed by atoms with E-state index in [-0.39, 0.29) is 30.5 Å². The molecular weight excluding hydrogens is 881 g/mol. The molecule has 0 aromatic carbocycles. The summed E-state index contributed by atoms with van der Waals surface area (Å²) in [6, 6.07) is 2.00. The minimum Gasteiger partial charge on any atom is -0.379 e. The predicted octanol–water partition coefficient (Wildman–Crippen LogP) is 2.04. The standard InChI is InChI=1S/C35H70O20Si5/c1-36-56(37-2,16-6-11-41-21-31-26-46-31)51-57(38-3,17-7-12-42-22-32-27-47-32)53-60(20-10-15-45-25-35-30-50-35)54-58(39-4,18-8-13-43-23-33-28-48-33)52-59(40-5,55-60)19-9-14-44-24-34-29-49-34/h31-35H,6-30H2,1-5H3. The van der Waals surface area contributed by atoms with Crippen molar-refractivity contribution in [3.05, 3.63) is 0 Å². The summed E-state index contributed by atoms with van der Waals surface area (Å²) in [5.74, 6) is 0. The number of epoxide rings is 5. The fourth-order valence-corrected chi connectivity index (χ4v) is 30.1. The number of rotatable bonds is 39. The van der Waals surface area contributed by atoms with E-state index >= 15 is 0 Å². The molecular formula is C35H70O20Si5. The van der Waals surface area contributed by atoms with E-state index in [0.717, 1.165) is 19.8 Å². The molecule has 25 heteroatoms. The third kappa shape index (κ3) is 17.3. The Morgan fingerprint density at radius 3 is 1.03 bits per heavy atom. The summed E-state index contributed by atoms with van der Waals surface area (Å²) >= 11 is 0. The van der Waals surface area contributed by atoms with Crippen LogP contribution in [0.5, 0.6) is 0 Å². The lowest BCUT2D eigenvalue weighted by Crippen LogP contribution is -2.75. The molecule has 20 nitrogen and oxygen atoms in total. The molecule has 8 unspecified atom stereocenters. The molecule has 0 aliphatic carbocycles. The summed E-state index contributed by atoms with van der Waals surface area (Å²) in [5, 5.41) is 0. The molecule has 6 aliphatic rings. The van der Waals surface area contributed by atoms with Crippen LogP contribution in [0.25, 0.3) is 0 Å². The van der Waals surface area contributed by atoms with Crippen molar-refractivity contribution in [1.82, 2.24) is 0 Å². The van der Waals surface area contributed by atoms with E-state index in [1.807, 2.05) is 0 Å². The van der Waals surface area contributed by atoms with Crippen LogP contribution in [0.4, 0.5) is 0 Å². The maximum atomic E-state index is 7.46. The first-order chi connectivity index (χ1) is 29.2. The minimum absolute atomic E-state index is 0.122. The summed E-state index contributed by atoms with van der Waals surface area (Å²) in [7, 11) is -10.6. The molecule has 6 aliphatic heterocycles. The van der Waals surface area contributed by atoms with Crippen LogP contribution in [0.1, 0.15) is 32.1 Å². The second-order valence-corrected chi connectivity index (χ2v) is 31.1. The van der Waals surface area contributed by atoms with Gasteiger partial charge >= 0.3 is 44.0 Å². The van der Waals surface area contributed by atoms with Gasteiger partial charge in [-0.1, -0.05) is 0 Å². The maximum Gasteiger partial charge on any atom is 0.493 e. The van der Waals surface area contributed by atoms with Gasteiger partial charge in [0.1, 0.15) is 30.5 Å². The lowest BCUT2D eigenvalue weighted by Gasteiger charge is -2.51. The molecule has 350 valence electrons. The highest BCUT2D eigenvalue weighted by atomic mass is 28.6. The Balaban J connectivity index is 1.26. The van der Waals surface area contributed by atoms with Gasteiger partial charge in [-0.2, -0.15) is 0 Å². The highest BCUT2D eigenvalue weighted by molar-refractivity contribution is 6.92. The molecule has 0 spiro atoms. The predicted molar refractivity (Wildman–Crippen MR) is 219 cm³/mol. The summed E-state index contributed by atoms with van der Waals surface area (Å²) in [5.41, 5.74) is 0. The van der Waals surface area contributed by atoms with Crippen LogP contribution >= 0.6 is 0 Å². The zero-order valence-electron chi connectivity index (χ0n) is 36.2. The van der Waals surface area contributed by atoms with Crippen LogP contribution in [0.15, 0.2) is 0 Å². The molecule has 0 saturated carbocycles. The molecule has 0 amide bonds. The quantitative estimate of drug-likeness (QED) is 0.0492. The largest absolute Gasteiger partial charge is 0.493 e. The SMILES string of the molecule is CO[Si](CCCOCC1CO1)(OC)O[Si](CCCOCC1CO1)(OC)O[Si]1(CCCOCC2CO2)O[Si](CCCOCC2CO2)(OC)O[Si](CCCOCC2CO2)(OC)O1. The van der Waals surface area contributed by atoms with E-state index < -0.39 is 44.0 Å². The Kier molecular flexibility index (Phi) is 20.5. The number of ether oxygens (including phenoxy) is 10. The van der Waals surface area contributed by atoms with Gasteiger partial charge in [0.05, 0.1) is 66.1 Å². The smallest absolute Gasteiger partial charge is 0.379 e. The van der Waals surface area contributed by atoms with Gasteiger partial charge in [-0.3, -0.25) is 0 Å². The van der Waals surface area contributed by atoms with Gasteiger partial charge in [-0.25, -0.2) is 0 Å². The normalized spacial score (nSPS) is 32.9. The van der Waals surface area contributed by atoms with Crippen molar-refractivity contribution >= 4 is 44.0 Å². The molecule has 0 bridgehead atoms. The minimum atomic E-state index is -3.98. The average molecular weight is 951 g/mol. The summed E-state index contributed by atoms with van der Waals surface area (Å²) in [6.07, 6.45) is 3.62. The molecule has 6 saturated heterocycles. The van der Waals surface area contributed by atoms with Crippen molar-refractivity contribution in [3.8, 4) is 0 Å². The highest BCUT2D eigenvalue weighted by Crippen LogP contribution is 2.42. The zero-order valence-corrected chi connectivity index (χ0v) is 41.2. The molecule has 6 heterocycles. The van der Waals surface area contributed by atoms with E-state index in [4.69, 9.17) is 90.1 Å². The van der Waals surface area contributed by atoms with Crippen LogP contribution in [0.3, 0.4) is 0 Å². The van der Waals surface area contributed by atoms with Crippen molar-refractivity contribution in [2.75, 3.05) is 135 Å². The van der Waals surface area contributed by atoms with Crippen molar-refractivity contribution in [1.29, 1.82) is 0 Å². The van der Waals surface area contributed by atoms with Crippen molar-refractivity contribution in [2.45, 2.75) is 92.8 Å². The Hall–Kier alpha value is 0.284. The van der Waals surface area contributed by atoms with E-state index in [0.29, 0.717) is 142 Å². The first-order valence-corrected chi connectivity index (χ1v) is 31.1. The maximum absolute atomic E-state index is 7.46. The molecule has 0 aromatic heterocycles. The van der Waals surface area contributed by atoms with Crippen LogP contribution in [0, 0.1) is 0 Å². The topological polar surface area (TPSA) is 201 Å². The molecule has 6 fully saturated rings. The third-order valence-corrected chi connectivity index (χ3v) is 30.9. The van der Waals surface area contributed by atoms with Gasteiger partial charge in [0.25, 0.3) is 0 Å². The lowest BCUT2D eigenvalue weighted by molar-refractivity contribution is 0.0227. The second-order valence-electron chi connectivity index (χ2n) is 15.6. The van der Waals surface area contributed by atoms with Gasteiger partial charge in [0, 0.05) is 98.8 Å². The third-order valence-electron chi connectivity index (χ3n) is 10.5. The van der Waals surface area contributed by atoms with Crippen molar-refractivity contribution < 1.29 is 90.1 Å². The van der Waals surface area contributed by atoms with Gasteiger partial charge in [-0.15, -0.1) is 0 Å². The van der Waals surface area contributed by atoms with E-state index in [1.165, 1.54) is 0 Å². The van der Waals surface area contributed by atoms with Crippen molar-refractivity contribution in [3.63, 3.8) is 0 Å². The summed E-state index contributed by atoms with van der Waals surface area (Å²) in [4.78, 5) is 0. The zero-order chi connectivity index (χ0) is 42.2. The lowest BCUT2D eigenvalue weighted by atomic mass is 10.5. The summed E-state index contributed by atoms with van der Waals surface area (Å²) < 4.78 is 124. The van der Waals surface area contributed by atoms with E-state index in [2.05, 4.69) is 0 Å². The Labute approximate surface area is 360 Å². The van der Waals surface area contributed by atoms with E-state index in [1.54, 1.807) is 35.5 Å². The highest BCUT2D eigenvalue weighted by Gasteiger charge is 2.70. The molecule has 0 radical (unpaired) electrons. The van der Waals surface area contributed by atoms with Crippen LogP contribution in [-0.2, 0) is 90.1 Å². The molecule has 0 N–H and O–H groups in total. The fraction of sp³-hybridized carbons (Fsp3) is 1.00. The first-order valence-electron chi connectivity index (χ1n) is 21.5.